The lowest BCUT2D eigenvalue weighted by atomic mass is 10.3. The SMILES string of the molecule is O=[N+]([O-])c1cccc(OCF)c1OCF. The van der Waals surface area contributed by atoms with Crippen molar-refractivity contribution in [1.29, 1.82) is 0 Å². The molecule has 1 aromatic rings. The third-order valence-electron chi connectivity index (χ3n) is 1.56. The third-order valence-corrected chi connectivity index (χ3v) is 1.56. The van der Waals surface area contributed by atoms with Crippen molar-refractivity contribution in [2.75, 3.05) is 13.7 Å². The first-order chi connectivity index (χ1) is 7.20. The Hall–Kier alpha value is -1.92. The minimum absolute atomic E-state index is 0.204. The van der Waals surface area contributed by atoms with Gasteiger partial charge in [0.15, 0.2) is 5.75 Å². The topological polar surface area (TPSA) is 61.6 Å². The Morgan fingerprint density at radius 1 is 1.27 bits per heavy atom. The summed E-state index contributed by atoms with van der Waals surface area (Å²) in [5, 5.41) is 10.5. The molecular weight excluding hydrogens is 212 g/mol. The molecule has 0 saturated heterocycles. The standard InChI is InChI=1S/C8H7F2NO4/c9-4-14-7-3-1-2-6(11(12)13)8(7)15-5-10/h1-3H,4-5H2. The zero-order valence-corrected chi connectivity index (χ0v) is 7.48. The number of benzene rings is 1. The van der Waals surface area contributed by atoms with Crippen molar-refractivity contribution < 1.29 is 23.2 Å². The highest BCUT2D eigenvalue weighted by Gasteiger charge is 2.20. The van der Waals surface area contributed by atoms with Crippen molar-refractivity contribution in [2.24, 2.45) is 0 Å². The van der Waals surface area contributed by atoms with E-state index in [1.165, 1.54) is 12.1 Å². The van der Waals surface area contributed by atoms with Crippen molar-refractivity contribution in [3.05, 3.63) is 28.3 Å². The summed E-state index contributed by atoms with van der Waals surface area (Å²) >= 11 is 0. The maximum absolute atomic E-state index is 11.9. The number of para-hydroxylation sites is 1. The number of nitrogens with zero attached hydrogens (tertiary/aromatic N) is 1. The molecule has 0 aliphatic heterocycles. The summed E-state index contributed by atoms with van der Waals surface area (Å²) in [5.74, 6) is -0.619. The van der Waals surface area contributed by atoms with Crippen LogP contribution in [0.1, 0.15) is 0 Å². The second-order valence-electron chi connectivity index (χ2n) is 2.37. The maximum Gasteiger partial charge on any atom is 0.314 e. The molecule has 1 rings (SSSR count). The summed E-state index contributed by atoms with van der Waals surface area (Å²) in [4.78, 5) is 9.74. The summed E-state index contributed by atoms with van der Waals surface area (Å²) in [7, 11) is 0. The average molecular weight is 219 g/mol. The number of halogens is 2. The zero-order valence-electron chi connectivity index (χ0n) is 7.48. The van der Waals surface area contributed by atoms with E-state index in [-0.39, 0.29) is 5.75 Å². The predicted molar refractivity (Wildman–Crippen MR) is 46.3 cm³/mol. The summed E-state index contributed by atoms with van der Waals surface area (Å²) < 4.78 is 32.6. The Labute approximate surface area is 83.4 Å². The van der Waals surface area contributed by atoms with E-state index in [9.17, 15) is 18.9 Å². The molecule has 0 radical (unpaired) electrons. The fourth-order valence-corrected chi connectivity index (χ4v) is 1.02. The molecule has 0 bridgehead atoms. The fraction of sp³-hybridized carbons (Fsp3) is 0.250. The fourth-order valence-electron chi connectivity index (χ4n) is 1.02. The highest BCUT2D eigenvalue weighted by atomic mass is 19.1. The molecule has 7 heteroatoms. The molecule has 0 spiro atoms. The lowest BCUT2D eigenvalue weighted by molar-refractivity contribution is -0.386. The highest BCUT2D eigenvalue weighted by molar-refractivity contribution is 5.55. The molecule has 5 nitrogen and oxygen atoms in total. The quantitative estimate of drug-likeness (QED) is 0.562. The van der Waals surface area contributed by atoms with E-state index >= 15 is 0 Å². The van der Waals surface area contributed by atoms with Crippen LogP contribution in [0, 0.1) is 10.1 Å². The molecular formula is C8H7F2NO4. The third kappa shape index (κ3) is 2.52. The molecule has 0 heterocycles. The van der Waals surface area contributed by atoms with Crippen LogP contribution in [0.15, 0.2) is 18.2 Å². The minimum Gasteiger partial charge on any atom is -0.459 e. The van der Waals surface area contributed by atoms with Crippen LogP contribution in [-0.2, 0) is 0 Å². The summed E-state index contributed by atoms with van der Waals surface area (Å²) in [6.07, 6.45) is 0. The molecule has 0 atom stereocenters. The van der Waals surface area contributed by atoms with Crippen LogP contribution < -0.4 is 9.47 Å². The van der Waals surface area contributed by atoms with Gasteiger partial charge in [0.1, 0.15) is 0 Å². The van der Waals surface area contributed by atoms with Gasteiger partial charge in [-0.15, -0.1) is 0 Å². The van der Waals surface area contributed by atoms with Crippen LogP contribution in [0.25, 0.3) is 0 Å². The average Bonchev–Trinajstić information content (AvgIpc) is 2.21. The van der Waals surface area contributed by atoms with Crippen LogP contribution >= 0.6 is 0 Å². The van der Waals surface area contributed by atoms with Gasteiger partial charge in [-0.2, -0.15) is 0 Å². The van der Waals surface area contributed by atoms with Crippen LogP contribution in [0.4, 0.5) is 14.5 Å². The first-order valence-electron chi connectivity index (χ1n) is 3.85. The molecule has 0 saturated carbocycles. The monoisotopic (exact) mass is 219 g/mol. The van der Waals surface area contributed by atoms with Gasteiger partial charge in [-0.25, -0.2) is 8.78 Å². The first-order valence-corrected chi connectivity index (χ1v) is 3.85. The number of hydrogen-bond acceptors (Lipinski definition) is 4. The summed E-state index contributed by atoms with van der Waals surface area (Å²) in [6.45, 7) is -2.43. The largest absolute Gasteiger partial charge is 0.459 e. The van der Waals surface area contributed by atoms with E-state index in [0.29, 0.717) is 0 Å². The van der Waals surface area contributed by atoms with Gasteiger partial charge >= 0.3 is 5.69 Å². The number of rotatable bonds is 5. The smallest absolute Gasteiger partial charge is 0.314 e. The van der Waals surface area contributed by atoms with Gasteiger partial charge in [0.05, 0.1) is 4.92 Å². The molecule has 0 fully saturated rings. The normalized spacial score (nSPS) is 9.73. The van der Waals surface area contributed by atoms with Crippen LogP contribution in [-0.4, -0.2) is 18.6 Å². The van der Waals surface area contributed by atoms with E-state index in [0.717, 1.165) is 6.07 Å². The van der Waals surface area contributed by atoms with Crippen molar-refractivity contribution in [1.82, 2.24) is 0 Å². The van der Waals surface area contributed by atoms with Gasteiger partial charge in [0.2, 0.25) is 19.5 Å². The Kier molecular flexibility index (Phi) is 3.78. The number of nitro groups is 1. The van der Waals surface area contributed by atoms with Crippen LogP contribution in [0.5, 0.6) is 11.5 Å². The van der Waals surface area contributed by atoms with Gasteiger partial charge in [0.25, 0.3) is 0 Å². The zero-order chi connectivity index (χ0) is 11.3. The van der Waals surface area contributed by atoms with E-state index < -0.39 is 30.1 Å². The lowest BCUT2D eigenvalue weighted by Crippen LogP contribution is -2.00. The molecule has 82 valence electrons. The minimum atomic E-state index is -1.26. The molecule has 0 N–H and O–H groups in total. The molecule has 0 aromatic heterocycles. The highest BCUT2D eigenvalue weighted by Crippen LogP contribution is 2.36. The second kappa shape index (κ2) is 5.08. The Morgan fingerprint density at radius 2 is 1.93 bits per heavy atom. The Morgan fingerprint density at radius 3 is 2.47 bits per heavy atom. The van der Waals surface area contributed by atoms with Crippen LogP contribution in [0.3, 0.4) is 0 Å². The predicted octanol–water partition coefficient (Wildman–Crippen LogP) is 2.21. The van der Waals surface area contributed by atoms with Gasteiger partial charge in [-0.3, -0.25) is 10.1 Å². The maximum atomic E-state index is 11.9. The van der Waals surface area contributed by atoms with E-state index in [2.05, 4.69) is 9.47 Å². The first kappa shape index (κ1) is 11.2. The molecule has 15 heavy (non-hydrogen) atoms. The van der Waals surface area contributed by atoms with Gasteiger partial charge in [-0.1, -0.05) is 6.07 Å². The summed E-state index contributed by atoms with van der Waals surface area (Å²) in [6, 6.07) is 3.64. The molecule has 0 aliphatic carbocycles. The van der Waals surface area contributed by atoms with E-state index in [1.54, 1.807) is 0 Å². The van der Waals surface area contributed by atoms with E-state index in [1.807, 2.05) is 0 Å². The molecule has 0 aliphatic rings. The second-order valence-corrected chi connectivity index (χ2v) is 2.37. The Balaban J connectivity index is 3.15. The number of alkyl halides is 2. The van der Waals surface area contributed by atoms with Crippen molar-refractivity contribution in [2.45, 2.75) is 0 Å². The van der Waals surface area contributed by atoms with Gasteiger partial charge < -0.3 is 9.47 Å². The lowest BCUT2D eigenvalue weighted by Gasteiger charge is -2.08. The van der Waals surface area contributed by atoms with Crippen molar-refractivity contribution >= 4 is 5.69 Å². The number of hydrogen-bond donors (Lipinski definition) is 0. The van der Waals surface area contributed by atoms with E-state index in [4.69, 9.17) is 0 Å². The summed E-state index contributed by atoms with van der Waals surface area (Å²) in [5.41, 5.74) is -0.474. The van der Waals surface area contributed by atoms with Crippen molar-refractivity contribution in [3.8, 4) is 11.5 Å². The number of ether oxygens (including phenoxy) is 2. The Bertz CT molecular complexity index is 358. The molecule has 0 amide bonds. The molecule has 0 unspecified atom stereocenters. The van der Waals surface area contributed by atoms with Crippen LogP contribution in [0.2, 0.25) is 0 Å². The van der Waals surface area contributed by atoms with Gasteiger partial charge in [0, 0.05) is 6.07 Å². The van der Waals surface area contributed by atoms with Crippen molar-refractivity contribution in [3.63, 3.8) is 0 Å². The number of nitro benzene ring substituents is 1. The van der Waals surface area contributed by atoms with Gasteiger partial charge in [-0.05, 0) is 6.07 Å². The molecule has 1 aromatic carbocycles.